The lowest BCUT2D eigenvalue weighted by molar-refractivity contribution is -0.122. The summed E-state index contributed by atoms with van der Waals surface area (Å²) in [5, 5.41) is 0. The Morgan fingerprint density at radius 3 is 2.45 bits per heavy atom. The molecule has 172 valence electrons. The first-order valence-electron chi connectivity index (χ1n) is 11.0. The van der Waals surface area contributed by atoms with E-state index in [1.807, 2.05) is 47.4 Å². The molecular weight excluding hydrogens is 520 g/mol. The lowest BCUT2D eigenvalue weighted by atomic mass is 10.1. The van der Waals surface area contributed by atoms with E-state index in [1.54, 1.807) is 12.0 Å². The van der Waals surface area contributed by atoms with Gasteiger partial charge in [-0.05, 0) is 42.3 Å². The highest BCUT2D eigenvalue weighted by Gasteiger charge is 2.42. The third kappa shape index (κ3) is 4.88. The molecular formula is C25H25BrN2O3S2. The number of carbonyl (C=O) groups is 2. The molecule has 0 spiro atoms. The van der Waals surface area contributed by atoms with E-state index in [2.05, 4.69) is 22.9 Å². The topological polar surface area (TPSA) is 49.9 Å². The zero-order chi connectivity index (χ0) is 23.5. The van der Waals surface area contributed by atoms with Crippen LogP contribution < -0.4 is 9.64 Å². The fourth-order valence-electron chi connectivity index (χ4n) is 4.04. The average molecular weight is 546 g/mol. The van der Waals surface area contributed by atoms with E-state index in [-0.39, 0.29) is 11.8 Å². The van der Waals surface area contributed by atoms with Gasteiger partial charge in [-0.2, -0.15) is 0 Å². The molecule has 0 aromatic heterocycles. The van der Waals surface area contributed by atoms with Crippen LogP contribution in [0.5, 0.6) is 5.75 Å². The molecule has 1 saturated heterocycles. The van der Waals surface area contributed by atoms with Crippen LogP contribution in [0.3, 0.4) is 0 Å². The number of rotatable bonds is 8. The summed E-state index contributed by atoms with van der Waals surface area (Å²) in [6, 6.07) is 13.3. The minimum Gasteiger partial charge on any atom is -0.497 e. The molecule has 2 aromatic rings. The maximum atomic E-state index is 13.5. The highest BCUT2D eigenvalue weighted by atomic mass is 79.9. The van der Waals surface area contributed by atoms with Crippen LogP contribution in [0.4, 0.5) is 5.69 Å². The summed E-state index contributed by atoms with van der Waals surface area (Å²) in [5.74, 6) is 0.413. The standard InChI is InChI=1S/C25H25BrN2O3S2/c1-3-4-5-6-13-27-20-12-9-17(26)14-19(20)21(23(27)29)22-24(30)28(25(32)33-22)15-16-7-10-18(31-2)11-8-16/h7-12,14H,3-6,13,15H2,1-2H3. The predicted octanol–water partition coefficient (Wildman–Crippen LogP) is 6.16. The summed E-state index contributed by atoms with van der Waals surface area (Å²) < 4.78 is 6.54. The SMILES string of the molecule is CCCCCCN1C(=O)C(=C2SC(=S)N(Cc3ccc(OC)cc3)C2=O)c2cc(Br)ccc21. The number of fused-ring (bicyclic) bond motifs is 1. The van der Waals surface area contributed by atoms with E-state index >= 15 is 0 Å². The normalized spacial score (nSPS) is 17.8. The summed E-state index contributed by atoms with van der Waals surface area (Å²) in [7, 11) is 1.62. The number of ether oxygens (including phenoxy) is 1. The van der Waals surface area contributed by atoms with Crippen LogP contribution in [-0.4, -0.2) is 34.7 Å². The summed E-state index contributed by atoms with van der Waals surface area (Å²) in [6.07, 6.45) is 4.29. The first-order valence-corrected chi connectivity index (χ1v) is 13.0. The number of methoxy groups -OCH3 is 1. The van der Waals surface area contributed by atoms with E-state index in [0.717, 1.165) is 52.7 Å². The number of thiocarbonyl (C=S) groups is 1. The Balaban J connectivity index is 1.64. The second kappa shape index (κ2) is 10.4. The number of carbonyl (C=O) groups excluding carboxylic acids is 2. The molecule has 1 fully saturated rings. The van der Waals surface area contributed by atoms with Gasteiger partial charge < -0.3 is 9.64 Å². The van der Waals surface area contributed by atoms with Crippen molar-refractivity contribution in [1.82, 2.24) is 4.90 Å². The summed E-state index contributed by atoms with van der Waals surface area (Å²) in [5.41, 5.74) is 3.04. The zero-order valence-corrected chi connectivity index (χ0v) is 21.8. The molecule has 0 unspecified atom stereocenters. The molecule has 4 rings (SSSR count). The van der Waals surface area contributed by atoms with Gasteiger partial charge in [0.05, 0.1) is 29.8 Å². The second-order valence-corrected chi connectivity index (χ2v) is 10.6. The molecule has 33 heavy (non-hydrogen) atoms. The summed E-state index contributed by atoms with van der Waals surface area (Å²) >= 11 is 10.3. The van der Waals surface area contributed by atoms with Crippen molar-refractivity contribution in [1.29, 1.82) is 0 Å². The van der Waals surface area contributed by atoms with E-state index in [9.17, 15) is 9.59 Å². The van der Waals surface area contributed by atoms with Gasteiger partial charge in [-0.3, -0.25) is 14.5 Å². The fraction of sp³-hybridized carbons (Fsp3) is 0.320. The maximum absolute atomic E-state index is 13.5. The molecule has 0 aliphatic carbocycles. The summed E-state index contributed by atoms with van der Waals surface area (Å²) in [4.78, 5) is 30.7. The van der Waals surface area contributed by atoms with Crippen molar-refractivity contribution in [3.8, 4) is 5.75 Å². The van der Waals surface area contributed by atoms with Gasteiger partial charge >= 0.3 is 0 Å². The smallest absolute Gasteiger partial charge is 0.267 e. The van der Waals surface area contributed by atoms with Crippen LogP contribution in [0.1, 0.15) is 43.7 Å². The Kier molecular flexibility index (Phi) is 7.56. The first-order chi connectivity index (χ1) is 15.9. The molecule has 2 aliphatic rings. The zero-order valence-electron chi connectivity index (χ0n) is 18.6. The van der Waals surface area contributed by atoms with Gasteiger partial charge in [0, 0.05) is 16.6 Å². The molecule has 0 N–H and O–H groups in total. The average Bonchev–Trinajstić information content (AvgIpc) is 3.23. The first kappa shape index (κ1) is 24.0. The molecule has 2 aromatic carbocycles. The van der Waals surface area contributed by atoms with Crippen molar-refractivity contribution in [3.05, 3.63) is 63.0 Å². The van der Waals surface area contributed by atoms with E-state index in [0.29, 0.717) is 27.9 Å². The number of unbranched alkanes of at least 4 members (excludes halogenated alkanes) is 3. The van der Waals surface area contributed by atoms with Gasteiger partial charge in [-0.1, -0.05) is 78.2 Å². The van der Waals surface area contributed by atoms with Crippen LogP contribution >= 0.6 is 39.9 Å². The number of anilines is 1. The van der Waals surface area contributed by atoms with Gasteiger partial charge in [-0.25, -0.2) is 0 Å². The van der Waals surface area contributed by atoms with Gasteiger partial charge in [0.25, 0.3) is 11.8 Å². The van der Waals surface area contributed by atoms with Gasteiger partial charge in [0.15, 0.2) is 0 Å². The van der Waals surface area contributed by atoms with Gasteiger partial charge in [-0.15, -0.1) is 0 Å². The van der Waals surface area contributed by atoms with Crippen molar-refractivity contribution < 1.29 is 14.3 Å². The van der Waals surface area contributed by atoms with Gasteiger partial charge in [0.2, 0.25) is 0 Å². The lowest BCUT2D eigenvalue weighted by Crippen LogP contribution is -2.29. The Bertz CT molecular complexity index is 1130. The van der Waals surface area contributed by atoms with Crippen molar-refractivity contribution in [2.24, 2.45) is 0 Å². The Morgan fingerprint density at radius 2 is 1.76 bits per heavy atom. The number of thioether (sulfide) groups is 1. The van der Waals surface area contributed by atoms with E-state index in [4.69, 9.17) is 17.0 Å². The minimum absolute atomic E-state index is 0.121. The largest absolute Gasteiger partial charge is 0.497 e. The molecule has 0 saturated carbocycles. The molecule has 0 radical (unpaired) electrons. The van der Waals surface area contributed by atoms with Crippen LogP contribution in [0.25, 0.3) is 5.57 Å². The van der Waals surface area contributed by atoms with Crippen LogP contribution in [-0.2, 0) is 16.1 Å². The highest BCUT2D eigenvalue weighted by Crippen LogP contribution is 2.45. The third-order valence-electron chi connectivity index (χ3n) is 5.79. The molecule has 0 bridgehead atoms. The van der Waals surface area contributed by atoms with Crippen molar-refractivity contribution in [2.75, 3.05) is 18.6 Å². The van der Waals surface area contributed by atoms with Crippen molar-refractivity contribution >= 4 is 67.3 Å². The molecule has 2 amide bonds. The highest BCUT2D eigenvalue weighted by molar-refractivity contribution is 9.10. The fourth-order valence-corrected chi connectivity index (χ4v) is 5.73. The van der Waals surface area contributed by atoms with E-state index < -0.39 is 0 Å². The number of nitrogens with zero attached hydrogens (tertiary/aromatic N) is 2. The van der Waals surface area contributed by atoms with Crippen molar-refractivity contribution in [3.63, 3.8) is 0 Å². The van der Waals surface area contributed by atoms with E-state index in [1.165, 1.54) is 11.8 Å². The Hall–Kier alpha value is -2.16. The lowest BCUT2D eigenvalue weighted by Gasteiger charge is -2.17. The number of hydrogen-bond acceptors (Lipinski definition) is 5. The predicted molar refractivity (Wildman–Crippen MR) is 141 cm³/mol. The number of halogens is 1. The molecule has 0 atom stereocenters. The van der Waals surface area contributed by atoms with Crippen LogP contribution in [0.2, 0.25) is 0 Å². The second-order valence-electron chi connectivity index (χ2n) is 7.99. The third-order valence-corrected chi connectivity index (χ3v) is 7.73. The maximum Gasteiger partial charge on any atom is 0.267 e. The summed E-state index contributed by atoms with van der Waals surface area (Å²) in [6.45, 7) is 3.16. The molecule has 8 heteroatoms. The number of hydrogen-bond donors (Lipinski definition) is 0. The molecule has 2 aliphatic heterocycles. The number of amides is 2. The Labute approximate surface area is 212 Å². The van der Waals surface area contributed by atoms with Gasteiger partial charge in [0.1, 0.15) is 10.1 Å². The van der Waals surface area contributed by atoms with Crippen LogP contribution in [0, 0.1) is 0 Å². The van der Waals surface area contributed by atoms with Crippen molar-refractivity contribution in [2.45, 2.75) is 39.2 Å². The number of benzene rings is 2. The molecule has 5 nitrogen and oxygen atoms in total. The monoisotopic (exact) mass is 544 g/mol. The Morgan fingerprint density at radius 1 is 1.00 bits per heavy atom. The quantitative estimate of drug-likeness (QED) is 0.226. The van der Waals surface area contributed by atoms with Crippen LogP contribution in [0.15, 0.2) is 51.8 Å². The minimum atomic E-state index is -0.220. The molecule has 2 heterocycles.